The minimum atomic E-state index is -0.108. The monoisotopic (exact) mass is 371 g/mol. The molecule has 0 aliphatic heterocycles. The smallest absolute Gasteiger partial charge is 0.233 e. The number of rotatable bonds is 8. The SMILES string of the molecule is C[C@@H](Sc1ccc(Cl)cc1)C(=O)NCCSCc1cccs1. The Morgan fingerprint density at radius 1 is 1.32 bits per heavy atom. The fraction of sp³-hybridized carbons (Fsp3) is 0.312. The summed E-state index contributed by atoms with van der Waals surface area (Å²) in [7, 11) is 0. The summed E-state index contributed by atoms with van der Waals surface area (Å²) in [5.41, 5.74) is 0. The standard InChI is InChI=1S/C16H18ClNOS3/c1-12(22-14-6-4-13(17)5-7-14)16(19)18-8-10-20-11-15-3-2-9-21-15/h2-7,9,12H,8,10-11H2,1H3,(H,18,19)/t12-/m1/s1. The molecular formula is C16H18ClNOS3. The maximum Gasteiger partial charge on any atom is 0.233 e. The van der Waals surface area contributed by atoms with Crippen molar-refractivity contribution >= 4 is 52.4 Å². The van der Waals surface area contributed by atoms with E-state index >= 15 is 0 Å². The Hall–Kier alpha value is -0.620. The van der Waals surface area contributed by atoms with Crippen molar-refractivity contribution in [1.29, 1.82) is 0 Å². The average Bonchev–Trinajstić information content (AvgIpc) is 3.02. The van der Waals surface area contributed by atoms with Crippen LogP contribution < -0.4 is 5.32 Å². The lowest BCUT2D eigenvalue weighted by Gasteiger charge is -2.12. The van der Waals surface area contributed by atoms with Gasteiger partial charge in [-0.05, 0) is 42.6 Å². The first-order valence-electron chi connectivity index (χ1n) is 6.95. The summed E-state index contributed by atoms with van der Waals surface area (Å²) in [5, 5.41) is 5.69. The molecule has 1 aromatic heterocycles. The van der Waals surface area contributed by atoms with Gasteiger partial charge in [-0.2, -0.15) is 11.8 Å². The van der Waals surface area contributed by atoms with Crippen molar-refractivity contribution in [3.05, 3.63) is 51.7 Å². The van der Waals surface area contributed by atoms with Crippen LogP contribution in [0.2, 0.25) is 5.02 Å². The molecule has 0 saturated carbocycles. The lowest BCUT2D eigenvalue weighted by atomic mass is 10.4. The zero-order valence-electron chi connectivity index (χ0n) is 12.3. The molecule has 2 nitrogen and oxygen atoms in total. The van der Waals surface area contributed by atoms with Crippen LogP contribution in [-0.4, -0.2) is 23.5 Å². The third kappa shape index (κ3) is 6.24. The molecule has 1 atom stereocenters. The summed E-state index contributed by atoms with van der Waals surface area (Å²) in [4.78, 5) is 14.5. The third-order valence-corrected chi connectivity index (χ3v) is 6.30. The molecule has 0 saturated heterocycles. The number of thiophene rings is 1. The molecule has 0 aliphatic rings. The van der Waals surface area contributed by atoms with Crippen molar-refractivity contribution in [1.82, 2.24) is 5.32 Å². The molecule has 6 heteroatoms. The van der Waals surface area contributed by atoms with Gasteiger partial charge >= 0.3 is 0 Å². The largest absolute Gasteiger partial charge is 0.354 e. The lowest BCUT2D eigenvalue weighted by Crippen LogP contribution is -2.32. The number of carbonyl (C=O) groups excluding carboxylic acids is 1. The highest BCUT2D eigenvalue weighted by atomic mass is 35.5. The number of hydrogen-bond acceptors (Lipinski definition) is 4. The number of hydrogen-bond donors (Lipinski definition) is 1. The summed E-state index contributed by atoms with van der Waals surface area (Å²) in [6, 6.07) is 11.8. The van der Waals surface area contributed by atoms with Gasteiger partial charge in [-0.1, -0.05) is 17.7 Å². The van der Waals surface area contributed by atoms with E-state index in [0.717, 1.165) is 16.4 Å². The van der Waals surface area contributed by atoms with Gasteiger partial charge in [0.2, 0.25) is 5.91 Å². The van der Waals surface area contributed by atoms with Gasteiger partial charge in [0, 0.05) is 32.8 Å². The first-order chi connectivity index (χ1) is 10.6. The number of amides is 1. The second-order valence-electron chi connectivity index (χ2n) is 4.64. The van der Waals surface area contributed by atoms with Crippen LogP contribution in [0.3, 0.4) is 0 Å². The van der Waals surface area contributed by atoms with Crippen molar-refractivity contribution in [3.8, 4) is 0 Å². The second-order valence-corrected chi connectivity index (χ2v) is 8.63. The van der Waals surface area contributed by atoms with Crippen LogP contribution in [0.15, 0.2) is 46.7 Å². The number of nitrogens with one attached hydrogen (secondary N) is 1. The zero-order valence-corrected chi connectivity index (χ0v) is 15.5. The first kappa shape index (κ1) is 17.7. The molecule has 2 aromatic rings. The summed E-state index contributed by atoms with van der Waals surface area (Å²) >= 11 is 11.0. The quantitative estimate of drug-likeness (QED) is 0.526. The molecule has 0 fully saturated rings. The van der Waals surface area contributed by atoms with E-state index in [4.69, 9.17) is 11.6 Å². The van der Waals surface area contributed by atoms with E-state index in [-0.39, 0.29) is 11.2 Å². The molecule has 118 valence electrons. The second kappa shape index (κ2) is 9.50. The van der Waals surface area contributed by atoms with Crippen LogP contribution in [0.1, 0.15) is 11.8 Å². The molecule has 1 amide bonds. The van der Waals surface area contributed by atoms with Crippen LogP contribution in [0, 0.1) is 0 Å². The molecule has 0 bridgehead atoms. The zero-order chi connectivity index (χ0) is 15.8. The molecule has 0 spiro atoms. The number of thioether (sulfide) groups is 2. The van der Waals surface area contributed by atoms with Gasteiger partial charge in [0.05, 0.1) is 5.25 Å². The highest BCUT2D eigenvalue weighted by Gasteiger charge is 2.13. The van der Waals surface area contributed by atoms with E-state index in [1.165, 1.54) is 4.88 Å². The van der Waals surface area contributed by atoms with Crippen molar-refractivity contribution in [2.45, 2.75) is 22.8 Å². The predicted octanol–water partition coefficient (Wildman–Crippen LogP) is 4.93. The number of halogens is 1. The average molecular weight is 372 g/mol. The van der Waals surface area contributed by atoms with Crippen LogP contribution in [-0.2, 0) is 10.5 Å². The van der Waals surface area contributed by atoms with Crippen molar-refractivity contribution in [3.63, 3.8) is 0 Å². The highest BCUT2D eigenvalue weighted by molar-refractivity contribution is 8.00. The van der Waals surface area contributed by atoms with Gasteiger partial charge in [0.1, 0.15) is 0 Å². The van der Waals surface area contributed by atoms with Gasteiger partial charge in [0.25, 0.3) is 0 Å². The van der Waals surface area contributed by atoms with Crippen molar-refractivity contribution in [2.75, 3.05) is 12.3 Å². The van der Waals surface area contributed by atoms with E-state index in [0.29, 0.717) is 11.6 Å². The Kier molecular flexibility index (Phi) is 7.66. The van der Waals surface area contributed by atoms with E-state index in [9.17, 15) is 4.79 Å². The van der Waals surface area contributed by atoms with Gasteiger partial charge in [-0.25, -0.2) is 0 Å². The summed E-state index contributed by atoms with van der Waals surface area (Å²) in [5.74, 6) is 2.03. The molecule has 0 unspecified atom stereocenters. The normalized spacial score (nSPS) is 12.1. The molecule has 0 radical (unpaired) electrons. The Bertz CT molecular complexity index is 572. The molecule has 1 aromatic carbocycles. The van der Waals surface area contributed by atoms with E-state index in [2.05, 4.69) is 22.8 Å². The molecule has 1 N–H and O–H groups in total. The van der Waals surface area contributed by atoms with E-state index in [1.807, 2.05) is 43.0 Å². The topological polar surface area (TPSA) is 29.1 Å². The van der Waals surface area contributed by atoms with E-state index < -0.39 is 0 Å². The predicted molar refractivity (Wildman–Crippen MR) is 100 cm³/mol. The fourth-order valence-electron chi connectivity index (χ4n) is 1.73. The molecular weight excluding hydrogens is 354 g/mol. The van der Waals surface area contributed by atoms with Gasteiger partial charge in [-0.15, -0.1) is 23.1 Å². The first-order valence-corrected chi connectivity index (χ1v) is 10.2. The van der Waals surface area contributed by atoms with Crippen LogP contribution in [0.5, 0.6) is 0 Å². The maximum atomic E-state index is 12.0. The highest BCUT2D eigenvalue weighted by Crippen LogP contribution is 2.24. The Labute approximate surface area is 149 Å². The Morgan fingerprint density at radius 2 is 2.09 bits per heavy atom. The van der Waals surface area contributed by atoms with Gasteiger partial charge in [-0.3, -0.25) is 4.79 Å². The minimum absolute atomic E-state index is 0.0803. The molecule has 22 heavy (non-hydrogen) atoms. The number of benzene rings is 1. The summed E-state index contributed by atoms with van der Waals surface area (Å²) in [6.07, 6.45) is 0. The minimum Gasteiger partial charge on any atom is -0.354 e. The molecule has 2 rings (SSSR count). The lowest BCUT2D eigenvalue weighted by molar-refractivity contribution is -0.120. The van der Waals surface area contributed by atoms with Crippen LogP contribution in [0.4, 0.5) is 0 Å². The molecule has 1 heterocycles. The summed E-state index contributed by atoms with van der Waals surface area (Å²) in [6.45, 7) is 2.63. The van der Waals surface area contributed by atoms with Gasteiger partial charge < -0.3 is 5.32 Å². The maximum absolute atomic E-state index is 12.0. The third-order valence-electron chi connectivity index (χ3n) is 2.87. The Morgan fingerprint density at radius 3 is 2.77 bits per heavy atom. The van der Waals surface area contributed by atoms with Crippen molar-refractivity contribution < 1.29 is 4.79 Å². The van der Waals surface area contributed by atoms with Gasteiger partial charge in [0.15, 0.2) is 0 Å². The van der Waals surface area contributed by atoms with Crippen molar-refractivity contribution in [2.24, 2.45) is 0 Å². The van der Waals surface area contributed by atoms with E-state index in [1.54, 1.807) is 23.1 Å². The molecule has 0 aliphatic carbocycles. The number of carbonyl (C=O) groups is 1. The Balaban J connectivity index is 1.62. The fourth-order valence-corrected chi connectivity index (χ4v) is 4.45. The summed E-state index contributed by atoms with van der Waals surface area (Å²) < 4.78 is 0. The van der Waals surface area contributed by atoms with Crippen LogP contribution >= 0.6 is 46.5 Å². The van der Waals surface area contributed by atoms with Crippen LogP contribution in [0.25, 0.3) is 0 Å².